The van der Waals surface area contributed by atoms with Crippen LogP contribution in [-0.2, 0) is 21.1 Å². The number of para-hydroxylation sites is 1. The molecule has 0 bridgehead atoms. The molecular formula is C34H32N8O4. The first-order valence-electron chi connectivity index (χ1n) is 14.8. The van der Waals surface area contributed by atoms with Gasteiger partial charge in [-0.25, -0.2) is 14.5 Å². The average Bonchev–Trinajstić information content (AvgIpc) is 3.48. The van der Waals surface area contributed by atoms with Crippen LogP contribution < -0.4 is 26.0 Å². The quantitative estimate of drug-likeness (QED) is 0.281. The first kappa shape index (κ1) is 28.8. The Bertz CT molecular complexity index is 2260. The summed E-state index contributed by atoms with van der Waals surface area (Å²) in [6.45, 7) is 1.97. The average molecular weight is 617 g/mol. The summed E-state index contributed by atoms with van der Waals surface area (Å²) in [7, 11) is 6.25. The molecule has 1 aliphatic rings. The number of ether oxygens (including phenoxy) is 2. The van der Waals surface area contributed by atoms with Gasteiger partial charge in [-0.2, -0.15) is 10.1 Å². The molecule has 6 aromatic rings. The number of aryl methyl sites for hydroxylation is 3. The molecule has 0 fully saturated rings. The number of hydrogen-bond acceptors (Lipinski definition) is 8. The summed E-state index contributed by atoms with van der Waals surface area (Å²) in [6, 6.07) is 25.8. The number of nitrogens with zero attached hydrogens (tertiary/aromatic N) is 7. The van der Waals surface area contributed by atoms with Gasteiger partial charge in [-0.05, 0) is 42.3 Å². The Hall–Kier alpha value is -5.91. The predicted molar refractivity (Wildman–Crippen MR) is 176 cm³/mol. The molecule has 3 aromatic heterocycles. The van der Waals surface area contributed by atoms with Gasteiger partial charge in [-0.1, -0.05) is 54.6 Å². The van der Waals surface area contributed by atoms with Crippen molar-refractivity contribution in [2.24, 2.45) is 26.1 Å². The highest BCUT2D eigenvalue weighted by Gasteiger charge is 2.28. The number of rotatable bonds is 6. The molecule has 12 nitrogen and oxygen atoms in total. The lowest BCUT2D eigenvalue weighted by Crippen LogP contribution is -2.37. The van der Waals surface area contributed by atoms with Crippen LogP contribution in [-0.4, -0.2) is 41.3 Å². The van der Waals surface area contributed by atoms with Crippen LogP contribution in [0.4, 0.5) is 11.5 Å². The highest BCUT2D eigenvalue weighted by molar-refractivity contribution is 6.04. The van der Waals surface area contributed by atoms with Crippen molar-refractivity contribution in [3.63, 3.8) is 0 Å². The zero-order chi connectivity index (χ0) is 32.1. The highest BCUT2D eigenvalue weighted by Crippen LogP contribution is 2.41. The summed E-state index contributed by atoms with van der Waals surface area (Å²) in [6.07, 6.45) is 0.596. The van der Waals surface area contributed by atoms with Gasteiger partial charge in [0.15, 0.2) is 28.5 Å². The molecule has 0 amide bonds. The Morgan fingerprint density at radius 2 is 1.59 bits per heavy atom. The molecule has 0 radical (unpaired) electrons. The van der Waals surface area contributed by atoms with Gasteiger partial charge in [-0.15, -0.1) is 0 Å². The van der Waals surface area contributed by atoms with Gasteiger partial charge < -0.3 is 14.8 Å². The van der Waals surface area contributed by atoms with Crippen molar-refractivity contribution in [2.75, 3.05) is 12.4 Å². The summed E-state index contributed by atoms with van der Waals surface area (Å²) < 4.78 is 17.8. The largest absolute Gasteiger partial charge is 0.493 e. The standard InChI is InChI=1S/C34H32N8O4/c1-20-28-30(42(38-20)23-14-10-7-11-15-23)36-25(19-24(35-28)21-12-8-6-9-13-21)22-16-17-26(27(18-22)45-5)46-33-37-31-29(39(33)2)32(43)41(4)34(44)40(31)3/h6-18,25,36H,19H2,1-5H3. The molecule has 0 saturated heterocycles. The van der Waals surface area contributed by atoms with Crippen molar-refractivity contribution in [2.45, 2.75) is 19.4 Å². The van der Waals surface area contributed by atoms with Gasteiger partial charge in [0.05, 0.1) is 30.2 Å². The third-order valence-electron chi connectivity index (χ3n) is 8.32. The second-order valence-corrected chi connectivity index (χ2v) is 11.2. The van der Waals surface area contributed by atoms with E-state index in [2.05, 4.69) is 22.4 Å². The second-order valence-electron chi connectivity index (χ2n) is 11.2. The lowest BCUT2D eigenvalue weighted by atomic mass is 9.97. The zero-order valence-electron chi connectivity index (χ0n) is 26.1. The molecule has 46 heavy (non-hydrogen) atoms. The van der Waals surface area contributed by atoms with E-state index in [-0.39, 0.29) is 23.2 Å². The number of methoxy groups -OCH3 is 1. The Morgan fingerprint density at radius 3 is 2.30 bits per heavy atom. The van der Waals surface area contributed by atoms with E-state index in [1.165, 1.54) is 16.2 Å². The number of aromatic nitrogens is 6. The van der Waals surface area contributed by atoms with Crippen LogP contribution in [0.25, 0.3) is 16.9 Å². The summed E-state index contributed by atoms with van der Waals surface area (Å²) in [5, 5.41) is 8.59. The Morgan fingerprint density at radius 1 is 0.870 bits per heavy atom. The Kier molecular flexibility index (Phi) is 7.04. The first-order valence-corrected chi connectivity index (χ1v) is 14.8. The Balaban J connectivity index is 1.30. The van der Waals surface area contributed by atoms with Crippen molar-refractivity contribution >= 4 is 28.4 Å². The molecule has 232 valence electrons. The lowest BCUT2D eigenvalue weighted by molar-refractivity contribution is 0.362. The van der Waals surface area contributed by atoms with E-state index in [1.807, 2.05) is 78.3 Å². The summed E-state index contributed by atoms with van der Waals surface area (Å²) in [5.74, 6) is 1.68. The van der Waals surface area contributed by atoms with Gasteiger partial charge in [0, 0.05) is 27.6 Å². The second kappa shape index (κ2) is 11.2. The van der Waals surface area contributed by atoms with E-state index < -0.39 is 11.2 Å². The molecule has 1 atom stereocenters. The van der Waals surface area contributed by atoms with Crippen molar-refractivity contribution in [1.82, 2.24) is 28.5 Å². The minimum Gasteiger partial charge on any atom is -0.493 e. The molecule has 7 rings (SSSR count). The van der Waals surface area contributed by atoms with Crippen molar-refractivity contribution < 1.29 is 9.47 Å². The van der Waals surface area contributed by atoms with Crippen molar-refractivity contribution in [3.05, 3.63) is 117 Å². The van der Waals surface area contributed by atoms with Crippen LogP contribution in [0.15, 0.2) is 93.4 Å². The highest BCUT2D eigenvalue weighted by atomic mass is 16.5. The SMILES string of the molecule is COc1cc(C2CC(c3ccccc3)=Nc3c(C)nn(-c4ccccc4)c3N2)ccc1Oc1nc2c(c(=O)n(C)c(=O)n2C)n1C. The van der Waals surface area contributed by atoms with Gasteiger partial charge in [0.1, 0.15) is 5.69 Å². The smallest absolute Gasteiger partial charge is 0.332 e. The predicted octanol–water partition coefficient (Wildman–Crippen LogP) is 4.94. The van der Waals surface area contributed by atoms with E-state index in [0.717, 1.165) is 44.3 Å². The molecule has 0 saturated carbocycles. The van der Waals surface area contributed by atoms with Crippen molar-refractivity contribution in [3.8, 4) is 23.2 Å². The summed E-state index contributed by atoms with van der Waals surface area (Å²) >= 11 is 0. The number of anilines is 1. The third kappa shape index (κ3) is 4.74. The minimum absolute atomic E-state index is 0.150. The number of hydrogen-bond donors (Lipinski definition) is 1. The molecule has 0 aliphatic carbocycles. The molecule has 1 unspecified atom stereocenters. The third-order valence-corrected chi connectivity index (χ3v) is 8.32. The van der Waals surface area contributed by atoms with Crippen LogP contribution >= 0.6 is 0 Å². The van der Waals surface area contributed by atoms with Gasteiger partial charge in [0.25, 0.3) is 5.56 Å². The molecule has 1 aliphatic heterocycles. The fraction of sp³-hybridized carbons (Fsp3) is 0.206. The maximum atomic E-state index is 12.9. The normalized spacial score (nSPS) is 14.4. The van der Waals surface area contributed by atoms with Crippen LogP contribution in [0.2, 0.25) is 0 Å². The van der Waals surface area contributed by atoms with Crippen LogP contribution in [0, 0.1) is 6.92 Å². The topological polar surface area (TPSA) is 122 Å². The van der Waals surface area contributed by atoms with E-state index in [4.69, 9.17) is 19.6 Å². The summed E-state index contributed by atoms with van der Waals surface area (Å²) in [4.78, 5) is 35.0. The fourth-order valence-electron chi connectivity index (χ4n) is 5.82. The molecule has 0 spiro atoms. The van der Waals surface area contributed by atoms with Crippen LogP contribution in [0.5, 0.6) is 17.5 Å². The van der Waals surface area contributed by atoms with E-state index in [9.17, 15) is 9.59 Å². The number of nitrogens with one attached hydrogen (secondary N) is 1. The first-order chi connectivity index (χ1) is 22.2. The lowest BCUT2D eigenvalue weighted by Gasteiger charge is -2.21. The van der Waals surface area contributed by atoms with E-state index >= 15 is 0 Å². The van der Waals surface area contributed by atoms with Crippen LogP contribution in [0.1, 0.15) is 29.3 Å². The maximum Gasteiger partial charge on any atom is 0.332 e. The summed E-state index contributed by atoms with van der Waals surface area (Å²) in [5.41, 5.74) is 5.01. The number of imidazole rings is 1. The zero-order valence-corrected chi connectivity index (χ0v) is 26.1. The Labute approximate surface area is 263 Å². The number of benzene rings is 3. The van der Waals surface area contributed by atoms with Crippen LogP contribution in [0.3, 0.4) is 0 Å². The van der Waals surface area contributed by atoms with Crippen molar-refractivity contribution in [1.29, 1.82) is 0 Å². The maximum absolute atomic E-state index is 12.9. The monoisotopic (exact) mass is 616 g/mol. The fourth-order valence-corrected chi connectivity index (χ4v) is 5.82. The number of fused-ring (bicyclic) bond motifs is 2. The molecule has 12 heteroatoms. The molecule has 3 aromatic carbocycles. The minimum atomic E-state index is -0.467. The number of aliphatic imine (C=N–C) groups is 1. The molecule has 4 heterocycles. The van der Waals surface area contributed by atoms with E-state index in [1.54, 1.807) is 21.2 Å². The molecular weight excluding hydrogens is 584 g/mol. The van der Waals surface area contributed by atoms with Gasteiger partial charge in [0.2, 0.25) is 0 Å². The molecule has 1 N–H and O–H groups in total. The van der Waals surface area contributed by atoms with Gasteiger partial charge in [-0.3, -0.25) is 18.5 Å². The van der Waals surface area contributed by atoms with E-state index in [0.29, 0.717) is 17.9 Å². The van der Waals surface area contributed by atoms with Gasteiger partial charge >= 0.3 is 11.7 Å².